The Bertz CT molecular complexity index is 967. The summed E-state index contributed by atoms with van der Waals surface area (Å²) >= 11 is 0. The Morgan fingerprint density at radius 1 is 1.03 bits per heavy atom. The molecule has 0 aliphatic carbocycles. The maximum Gasteiger partial charge on any atom is 0.223 e. The van der Waals surface area contributed by atoms with Gasteiger partial charge in [0.2, 0.25) is 15.9 Å². The summed E-state index contributed by atoms with van der Waals surface area (Å²) in [7, 11) is -3.38. The molecule has 1 saturated heterocycles. The van der Waals surface area contributed by atoms with E-state index in [1.54, 1.807) is 0 Å². The number of hydrogen-bond donors (Lipinski definition) is 1. The van der Waals surface area contributed by atoms with E-state index in [4.69, 9.17) is 4.74 Å². The van der Waals surface area contributed by atoms with Crippen molar-refractivity contribution in [2.75, 3.05) is 26.2 Å². The first-order valence-electron chi connectivity index (χ1n) is 10.4. The minimum Gasteiger partial charge on any atom is -0.491 e. The van der Waals surface area contributed by atoms with E-state index < -0.39 is 10.0 Å². The van der Waals surface area contributed by atoms with Crippen molar-refractivity contribution in [2.45, 2.75) is 32.4 Å². The fourth-order valence-corrected chi connectivity index (χ4v) is 5.32. The molecule has 1 fully saturated rings. The number of aryl methyl sites for hydroxylation is 2. The molecule has 1 amide bonds. The number of benzene rings is 2. The monoisotopic (exact) mass is 430 g/mol. The second kappa shape index (κ2) is 10.1. The van der Waals surface area contributed by atoms with Crippen LogP contribution in [0.1, 0.15) is 29.5 Å². The molecule has 0 radical (unpaired) electrons. The highest BCUT2D eigenvalue weighted by Gasteiger charge is 2.31. The van der Waals surface area contributed by atoms with Crippen molar-refractivity contribution in [1.29, 1.82) is 0 Å². The smallest absolute Gasteiger partial charge is 0.223 e. The molecule has 3 rings (SSSR count). The molecule has 0 bridgehead atoms. The molecule has 1 aliphatic rings. The molecule has 2 aromatic rings. The third kappa shape index (κ3) is 5.83. The number of nitrogens with one attached hydrogen (secondary N) is 1. The van der Waals surface area contributed by atoms with Crippen LogP contribution in [0.15, 0.2) is 48.5 Å². The zero-order valence-corrected chi connectivity index (χ0v) is 18.5. The van der Waals surface area contributed by atoms with Gasteiger partial charge in [0.15, 0.2) is 0 Å². The number of carbonyl (C=O) groups excluding carboxylic acids is 1. The van der Waals surface area contributed by atoms with Crippen LogP contribution in [0.3, 0.4) is 0 Å². The quantitative estimate of drug-likeness (QED) is 0.653. The zero-order chi connectivity index (χ0) is 21.6. The Kier molecular flexibility index (Phi) is 7.50. The largest absolute Gasteiger partial charge is 0.491 e. The number of sulfonamides is 1. The highest BCUT2D eigenvalue weighted by molar-refractivity contribution is 7.88. The summed E-state index contributed by atoms with van der Waals surface area (Å²) in [5.74, 6) is 0.638. The summed E-state index contributed by atoms with van der Waals surface area (Å²) in [6.07, 6.45) is 1.08. The first kappa shape index (κ1) is 22.3. The van der Waals surface area contributed by atoms with Gasteiger partial charge in [0, 0.05) is 19.0 Å². The van der Waals surface area contributed by atoms with Gasteiger partial charge in [-0.15, -0.1) is 0 Å². The van der Waals surface area contributed by atoms with Gasteiger partial charge in [-0.25, -0.2) is 12.7 Å². The molecule has 1 N–H and O–H groups in total. The lowest BCUT2D eigenvalue weighted by atomic mass is 9.97. The minimum absolute atomic E-state index is 0.00672. The number of hydrogen-bond acceptors (Lipinski definition) is 4. The normalized spacial score (nSPS) is 15.7. The summed E-state index contributed by atoms with van der Waals surface area (Å²) in [6.45, 7) is 5.50. The fraction of sp³-hybridized carbons (Fsp3) is 0.435. The number of piperidine rings is 1. The van der Waals surface area contributed by atoms with E-state index in [0.717, 1.165) is 22.4 Å². The molecule has 0 spiro atoms. The number of para-hydroxylation sites is 1. The van der Waals surface area contributed by atoms with Gasteiger partial charge in [0.05, 0.1) is 12.3 Å². The fourth-order valence-electron chi connectivity index (χ4n) is 3.65. The van der Waals surface area contributed by atoms with Crippen LogP contribution in [-0.4, -0.2) is 44.9 Å². The summed E-state index contributed by atoms with van der Waals surface area (Å²) in [5.41, 5.74) is 2.86. The van der Waals surface area contributed by atoms with Gasteiger partial charge in [-0.05, 0) is 49.4 Å². The van der Waals surface area contributed by atoms with Crippen LogP contribution in [0.25, 0.3) is 0 Å². The predicted octanol–water partition coefficient (Wildman–Crippen LogP) is 3.04. The molecule has 162 valence electrons. The Morgan fingerprint density at radius 2 is 1.67 bits per heavy atom. The molecular weight excluding hydrogens is 400 g/mol. The minimum atomic E-state index is -3.38. The number of ether oxygens (including phenoxy) is 1. The molecule has 7 heteroatoms. The molecule has 1 heterocycles. The Labute approximate surface area is 179 Å². The topological polar surface area (TPSA) is 75.7 Å². The van der Waals surface area contributed by atoms with Gasteiger partial charge < -0.3 is 10.1 Å². The van der Waals surface area contributed by atoms with Crippen molar-refractivity contribution in [3.05, 3.63) is 65.2 Å². The average Bonchev–Trinajstić information content (AvgIpc) is 2.74. The highest BCUT2D eigenvalue weighted by atomic mass is 32.2. The average molecular weight is 431 g/mol. The number of carbonyl (C=O) groups is 1. The lowest BCUT2D eigenvalue weighted by molar-refractivity contribution is -0.126. The Hall–Kier alpha value is -2.38. The van der Waals surface area contributed by atoms with Crippen molar-refractivity contribution in [3.63, 3.8) is 0 Å². The van der Waals surface area contributed by atoms with Crippen molar-refractivity contribution in [2.24, 2.45) is 5.92 Å². The molecule has 0 unspecified atom stereocenters. The second-order valence-electron chi connectivity index (χ2n) is 7.76. The maximum atomic E-state index is 12.8. The number of rotatable bonds is 8. The molecule has 30 heavy (non-hydrogen) atoms. The second-order valence-corrected chi connectivity index (χ2v) is 9.73. The van der Waals surface area contributed by atoms with E-state index in [9.17, 15) is 13.2 Å². The molecule has 0 saturated carbocycles. The summed E-state index contributed by atoms with van der Waals surface area (Å²) in [4.78, 5) is 12.4. The van der Waals surface area contributed by atoms with Crippen LogP contribution in [0.2, 0.25) is 0 Å². The van der Waals surface area contributed by atoms with Crippen molar-refractivity contribution in [3.8, 4) is 5.75 Å². The van der Waals surface area contributed by atoms with Gasteiger partial charge in [0.25, 0.3) is 0 Å². The van der Waals surface area contributed by atoms with Crippen molar-refractivity contribution >= 4 is 15.9 Å². The van der Waals surface area contributed by atoms with E-state index in [0.29, 0.717) is 39.1 Å². The van der Waals surface area contributed by atoms with Crippen LogP contribution in [0.5, 0.6) is 5.75 Å². The van der Waals surface area contributed by atoms with Gasteiger partial charge in [0.1, 0.15) is 12.4 Å². The van der Waals surface area contributed by atoms with Crippen LogP contribution in [0, 0.1) is 19.8 Å². The molecular formula is C23H30N2O4S. The molecule has 6 nitrogen and oxygen atoms in total. The Morgan fingerprint density at radius 3 is 2.33 bits per heavy atom. The van der Waals surface area contributed by atoms with Gasteiger partial charge in [-0.1, -0.05) is 42.5 Å². The van der Waals surface area contributed by atoms with Gasteiger partial charge in [-0.3, -0.25) is 4.79 Å². The van der Waals surface area contributed by atoms with E-state index in [2.05, 4.69) is 5.32 Å². The van der Waals surface area contributed by atoms with Crippen LogP contribution in [0.4, 0.5) is 0 Å². The summed E-state index contributed by atoms with van der Waals surface area (Å²) < 4.78 is 32.7. The summed E-state index contributed by atoms with van der Waals surface area (Å²) in [6, 6.07) is 15.3. The van der Waals surface area contributed by atoms with Crippen molar-refractivity contribution < 1.29 is 17.9 Å². The van der Waals surface area contributed by atoms with Gasteiger partial charge >= 0.3 is 0 Å². The SMILES string of the molecule is Cc1ccccc1CS(=O)(=O)N1CCC(C(=O)NCCOc2ccccc2C)CC1. The standard InChI is InChI=1S/C23H30N2O4S/c1-18-7-3-5-9-21(18)17-30(27,28)25-14-11-20(12-15-25)23(26)24-13-16-29-22-10-6-4-8-19(22)2/h3-10,20H,11-17H2,1-2H3,(H,24,26). The van der Waals surface area contributed by atoms with E-state index >= 15 is 0 Å². The predicted molar refractivity (Wildman–Crippen MR) is 118 cm³/mol. The van der Waals surface area contributed by atoms with Crippen LogP contribution < -0.4 is 10.1 Å². The number of amides is 1. The van der Waals surface area contributed by atoms with Crippen molar-refractivity contribution in [1.82, 2.24) is 9.62 Å². The first-order valence-corrected chi connectivity index (χ1v) is 12.0. The third-order valence-electron chi connectivity index (χ3n) is 5.57. The molecule has 0 atom stereocenters. The maximum absolute atomic E-state index is 12.8. The molecule has 0 aromatic heterocycles. The zero-order valence-electron chi connectivity index (χ0n) is 17.6. The number of nitrogens with zero attached hydrogens (tertiary/aromatic N) is 1. The lowest BCUT2D eigenvalue weighted by Crippen LogP contribution is -2.44. The first-order chi connectivity index (χ1) is 14.4. The van der Waals surface area contributed by atoms with Crippen LogP contribution in [-0.2, 0) is 20.6 Å². The molecule has 2 aromatic carbocycles. The van der Waals surface area contributed by atoms with Gasteiger partial charge in [-0.2, -0.15) is 0 Å². The summed E-state index contributed by atoms with van der Waals surface area (Å²) in [5, 5.41) is 2.91. The molecule has 1 aliphatic heterocycles. The Balaban J connectivity index is 1.42. The van der Waals surface area contributed by atoms with Crippen LogP contribution >= 0.6 is 0 Å². The lowest BCUT2D eigenvalue weighted by Gasteiger charge is -2.30. The third-order valence-corrected chi connectivity index (χ3v) is 7.40. The van der Waals surface area contributed by atoms with E-state index in [1.165, 1.54) is 4.31 Å². The van der Waals surface area contributed by atoms with E-state index in [-0.39, 0.29) is 17.6 Å². The highest BCUT2D eigenvalue weighted by Crippen LogP contribution is 2.23. The van der Waals surface area contributed by atoms with E-state index in [1.807, 2.05) is 62.4 Å².